The minimum atomic E-state index is -0.955. The predicted octanol–water partition coefficient (Wildman–Crippen LogP) is 3.14. The highest BCUT2D eigenvalue weighted by molar-refractivity contribution is 5.95. The SMILES string of the molecule is CCOC(=O)c1[nH]ccc1-c1ccc(F)c(F)c1. The average Bonchev–Trinajstić information content (AvgIpc) is 2.82. The van der Waals surface area contributed by atoms with Gasteiger partial charge in [-0.05, 0) is 30.7 Å². The van der Waals surface area contributed by atoms with Gasteiger partial charge in [0.2, 0.25) is 0 Å². The van der Waals surface area contributed by atoms with Crippen molar-refractivity contribution < 1.29 is 18.3 Å². The third-order valence-electron chi connectivity index (χ3n) is 2.46. The van der Waals surface area contributed by atoms with E-state index in [2.05, 4.69) is 4.98 Å². The molecule has 0 atom stereocenters. The van der Waals surface area contributed by atoms with Crippen LogP contribution in [0.4, 0.5) is 8.78 Å². The molecule has 18 heavy (non-hydrogen) atoms. The van der Waals surface area contributed by atoms with Crippen LogP contribution < -0.4 is 0 Å². The van der Waals surface area contributed by atoms with E-state index in [1.165, 1.54) is 6.07 Å². The van der Waals surface area contributed by atoms with Gasteiger partial charge in [-0.3, -0.25) is 0 Å². The Morgan fingerprint density at radius 1 is 1.28 bits per heavy atom. The number of carbonyl (C=O) groups excluding carboxylic acids is 1. The van der Waals surface area contributed by atoms with Crippen LogP contribution in [0.15, 0.2) is 30.5 Å². The summed E-state index contributed by atoms with van der Waals surface area (Å²) in [5.74, 6) is -2.40. The van der Waals surface area contributed by atoms with Crippen molar-refractivity contribution in [1.82, 2.24) is 4.98 Å². The molecule has 2 rings (SSSR count). The van der Waals surface area contributed by atoms with E-state index in [0.29, 0.717) is 11.1 Å². The summed E-state index contributed by atoms with van der Waals surface area (Å²) >= 11 is 0. The maximum atomic E-state index is 13.2. The van der Waals surface area contributed by atoms with E-state index in [1.807, 2.05) is 0 Å². The topological polar surface area (TPSA) is 42.1 Å². The molecule has 0 unspecified atom stereocenters. The molecule has 0 aliphatic heterocycles. The van der Waals surface area contributed by atoms with Crippen LogP contribution in [0.1, 0.15) is 17.4 Å². The zero-order valence-electron chi connectivity index (χ0n) is 9.67. The molecule has 0 bridgehead atoms. The monoisotopic (exact) mass is 251 g/mol. The molecular formula is C13H11F2NO2. The highest BCUT2D eigenvalue weighted by atomic mass is 19.2. The third-order valence-corrected chi connectivity index (χ3v) is 2.46. The van der Waals surface area contributed by atoms with Gasteiger partial charge in [0, 0.05) is 11.8 Å². The molecule has 0 saturated heterocycles. The summed E-state index contributed by atoms with van der Waals surface area (Å²) in [5, 5.41) is 0. The summed E-state index contributed by atoms with van der Waals surface area (Å²) in [4.78, 5) is 14.4. The second-order valence-electron chi connectivity index (χ2n) is 3.62. The smallest absolute Gasteiger partial charge is 0.355 e. The summed E-state index contributed by atoms with van der Waals surface area (Å²) in [6.07, 6.45) is 1.54. The van der Waals surface area contributed by atoms with Crippen LogP contribution in [0.3, 0.4) is 0 Å². The van der Waals surface area contributed by atoms with E-state index >= 15 is 0 Å². The molecule has 1 aromatic heterocycles. The van der Waals surface area contributed by atoms with E-state index in [0.717, 1.165) is 12.1 Å². The summed E-state index contributed by atoms with van der Waals surface area (Å²) in [6.45, 7) is 1.94. The molecule has 3 nitrogen and oxygen atoms in total. The molecule has 1 aromatic carbocycles. The molecule has 0 aliphatic rings. The molecular weight excluding hydrogens is 240 g/mol. The van der Waals surface area contributed by atoms with Crippen LogP contribution in [-0.2, 0) is 4.74 Å². The number of benzene rings is 1. The molecule has 5 heteroatoms. The summed E-state index contributed by atoms with van der Waals surface area (Å²) in [7, 11) is 0. The normalized spacial score (nSPS) is 10.4. The molecule has 0 saturated carbocycles. The molecule has 0 fully saturated rings. The van der Waals surface area contributed by atoms with Crippen molar-refractivity contribution in [3.05, 3.63) is 47.8 Å². The molecule has 1 heterocycles. The van der Waals surface area contributed by atoms with E-state index in [4.69, 9.17) is 4.74 Å². The summed E-state index contributed by atoms with van der Waals surface area (Å²) in [5.41, 5.74) is 1.12. The lowest BCUT2D eigenvalue weighted by molar-refractivity contribution is 0.0521. The fourth-order valence-electron chi connectivity index (χ4n) is 1.65. The second-order valence-corrected chi connectivity index (χ2v) is 3.62. The van der Waals surface area contributed by atoms with Gasteiger partial charge in [-0.15, -0.1) is 0 Å². The molecule has 0 amide bonds. The van der Waals surface area contributed by atoms with Gasteiger partial charge in [0.1, 0.15) is 5.69 Å². The summed E-state index contributed by atoms with van der Waals surface area (Å²) in [6, 6.07) is 5.08. The van der Waals surface area contributed by atoms with E-state index in [-0.39, 0.29) is 12.3 Å². The van der Waals surface area contributed by atoms with Crippen molar-refractivity contribution in [2.75, 3.05) is 6.61 Å². The van der Waals surface area contributed by atoms with Crippen LogP contribution >= 0.6 is 0 Å². The number of ether oxygens (including phenoxy) is 1. The van der Waals surface area contributed by atoms with Crippen molar-refractivity contribution in [2.45, 2.75) is 6.92 Å². The Hall–Kier alpha value is -2.17. The Kier molecular flexibility index (Phi) is 3.41. The number of aromatic nitrogens is 1. The lowest BCUT2D eigenvalue weighted by Gasteiger charge is -2.04. The van der Waals surface area contributed by atoms with Crippen molar-refractivity contribution in [2.24, 2.45) is 0 Å². The van der Waals surface area contributed by atoms with Gasteiger partial charge in [0.15, 0.2) is 11.6 Å². The largest absolute Gasteiger partial charge is 0.461 e. The molecule has 0 aliphatic carbocycles. The van der Waals surface area contributed by atoms with Crippen molar-refractivity contribution in [3.8, 4) is 11.1 Å². The Bertz CT molecular complexity index is 578. The second kappa shape index (κ2) is 5.00. The fraction of sp³-hybridized carbons (Fsp3) is 0.154. The molecule has 2 aromatic rings. The van der Waals surface area contributed by atoms with Gasteiger partial charge in [0.25, 0.3) is 0 Å². The first-order valence-corrected chi connectivity index (χ1v) is 5.43. The maximum absolute atomic E-state index is 13.2. The average molecular weight is 251 g/mol. The molecule has 0 radical (unpaired) electrons. The van der Waals surface area contributed by atoms with Gasteiger partial charge in [-0.2, -0.15) is 0 Å². The van der Waals surface area contributed by atoms with E-state index < -0.39 is 17.6 Å². The Morgan fingerprint density at radius 2 is 2.06 bits per heavy atom. The number of H-pyrrole nitrogens is 1. The van der Waals surface area contributed by atoms with Gasteiger partial charge >= 0.3 is 5.97 Å². The predicted molar refractivity (Wildman–Crippen MR) is 62.1 cm³/mol. The van der Waals surface area contributed by atoms with Crippen LogP contribution in [0, 0.1) is 11.6 Å². The number of hydrogen-bond acceptors (Lipinski definition) is 2. The first-order chi connectivity index (χ1) is 8.63. The number of carbonyl (C=O) groups is 1. The third kappa shape index (κ3) is 2.25. The van der Waals surface area contributed by atoms with Crippen LogP contribution in [-0.4, -0.2) is 17.6 Å². The first kappa shape index (κ1) is 12.3. The Balaban J connectivity index is 2.42. The highest BCUT2D eigenvalue weighted by Gasteiger charge is 2.16. The lowest BCUT2D eigenvalue weighted by Crippen LogP contribution is -2.06. The molecule has 0 spiro atoms. The van der Waals surface area contributed by atoms with Crippen LogP contribution in [0.5, 0.6) is 0 Å². The zero-order valence-corrected chi connectivity index (χ0v) is 9.67. The van der Waals surface area contributed by atoms with Crippen molar-refractivity contribution in [3.63, 3.8) is 0 Å². The van der Waals surface area contributed by atoms with Gasteiger partial charge in [-0.25, -0.2) is 13.6 Å². The number of nitrogens with one attached hydrogen (secondary N) is 1. The summed E-state index contributed by atoms with van der Waals surface area (Å²) < 4.78 is 30.9. The molecule has 1 N–H and O–H groups in total. The van der Waals surface area contributed by atoms with E-state index in [9.17, 15) is 13.6 Å². The minimum Gasteiger partial charge on any atom is -0.461 e. The maximum Gasteiger partial charge on any atom is 0.355 e. The van der Waals surface area contributed by atoms with Crippen LogP contribution in [0.2, 0.25) is 0 Å². The van der Waals surface area contributed by atoms with Gasteiger partial charge < -0.3 is 9.72 Å². The Labute approximate surface area is 102 Å². The van der Waals surface area contributed by atoms with Crippen molar-refractivity contribution in [1.29, 1.82) is 0 Å². The quantitative estimate of drug-likeness (QED) is 0.851. The number of rotatable bonds is 3. The zero-order chi connectivity index (χ0) is 13.1. The molecule has 94 valence electrons. The minimum absolute atomic E-state index is 0.225. The Morgan fingerprint density at radius 3 is 2.72 bits per heavy atom. The van der Waals surface area contributed by atoms with Gasteiger partial charge in [0.05, 0.1) is 6.61 Å². The number of halogens is 2. The van der Waals surface area contributed by atoms with Gasteiger partial charge in [-0.1, -0.05) is 6.07 Å². The number of aromatic amines is 1. The standard InChI is InChI=1S/C13H11F2NO2/c1-2-18-13(17)12-9(5-6-16-12)8-3-4-10(14)11(15)7-8/h3-7,16H,2H2,1H3. The number of esters is 1. The fourth-order valence-corrected chi connectivity index (χ4v) is 1.65. The first-order valence-electron chi connectivity index (χ1n) is 5.43. The number of hydrogen-bond donors (Lipinski definition) is 1. The van der Waals surface area contributed by atoms with E-state index in [1.54, 1.807) is 19.2 Å². The van der Waals surface area contributed by atoms with Crippen LogP contribution in [0.25, 0.3) is 11.1 Å². The lowest BCUT2D eigenvalue weighted by atomic mass is 10.1. The van der Waals surface area contributed by atoms with Crippen molar-refractivity contribution >= 4 is 5.97 Å². The highest BCUT2D eigenvalue weighted by Crippen LogP contribution is 2.25.